The zero-order valence-electron chi connectivity index (χ0n) is 16.1. The highest BCUT2D eigenvalue weighted by atomic mass is 16.5. The van der Waals surface area contributed by atoms with Gasteiger partial charge in [0.15, 0.2) is 5.82 Å². The zero-order chi connectivity index (χ0) is 19.4. The first-order valence-electron chi connectivity index (χ1n) is 9.06. The van der Waals surface area contributed by atoms with Crippen LogP contribution in [0.4, 0.5) is 5.69 Å². The highest BCUT2D eigenvalue weighted by Crippen LogP contribution is 2.25. The second-order valence-corrected chi connectivity index (χ2v) is 6.62. The molecule has 0 atom stereocenters. The number of carbonyl (C=O) groups excluding carboxylic acids is 1. The molecule has 0 aliphatic carbocycles. The van der Waals surface area contributed by atoms with E-state index >= 15 is 0 Å². The lowest BCUT2D eigenvalue weighted by Crippen LogP contribution is -2.17. The van der Waals surface area contributed by atoms with E-state index < -0.39 is 0 Å². The number of amides is 1. The van der Waals surface area contributed by atoms with Crippen LogP contribution in [0.2, 0.25) is 0 Å². The van der Waals surface area contributed by atoms with E-state index in [-0.39, 0.29) is 11.8 Å². The number of hydrogen-bond acceptors (Lipinski definition) is 4. The van der Waals surface area contributed by atoms with Crippen molar-refractivity contribution in [3.05, 3.63) is 54.1 Å². The Morgan fingerprint density at radius 1 is 1.11 bits per heavy atom. The fourth-order valence-electron chi connectivity index (χ4n) is 2.53. The summed E-state index contributed by atoms with van der Waals surface area (Å²) in [6.07, 6.45) is 0. The van der Waals surface area contributed by atoms with Gasteiger partial charge in [-0.25, -0.2) is 4.68 Å². The highest BCUT2D eigenvalue weighted by molar-refractivity contribution is 5.92. The monoisotopic (exact) mass is 364 g/mol. The van der Waals surface area contributed by atoms with Crippen molar-refractivity contribution in [1.82, 2.24) is 14.8 Å². The van der Waals surface area contributed by atoms with E-state index in [9.17, 15) is 4.79 Å². The Hall–Kier alpha value is -3.15. The molecule has 0 radical (unpaired) electrons. The van der Waals surface area contributed by atoms with Gasteiger partial charge >= 0.3 is 6.01 Å². The summed E-state index contributed by atoms with van der Waals surface area (Å²) in [7, 11) is 0. The van der Waals surface area contributed by atoms with Gasteiger partial charge in [-0.2, -0.15) is 4.98 Å². The van der Waals surface area contributed by atoms with E-state index in [4.69, 9.17) is 4.74 Å². The van der Waals surface area contributed by atoms with Crippen LogP contribution in [0.3, 0.4) is 0 Å². The molecule has 3 aromatic rings. The number of anilines is 1. The normalized spacial score (nSPS) is 10.9. The van der Waals surface area contributed by atoms with Crippen LogP contribution in [-0.2, 0) is 4.79 Å². The standard InChI is InChI=1S/C21H24N4O2/c1-5-27-21-23-19(16-8-6-15(4)7-9-16)25(24-21)18-12-10-17(11-13-18)22-20(26)14(2)3/h6-14H,5H2,1-4H3,(H,22,26). The molecule has 6 nitrogen and oxygen atoms in total. The van der Waals surface area contributed by atoms with Crippen molar-refractivity contribution in [2.75, 3.05) is 11.9 Å². The molecule has 0 bridgehead atoms. The van der Waals surface area contributed by atoms with Gasteiger partial charge in [-0.15, -0.1) is 5.10 Å². The third-order valence-corrected chi connectivity index (χ3v) is 4.07. The minimum absolute atomic E-state index is 0.0116. The Morgan fingerprint density at radius 3 is 2.37 bits per heavy atom. The van der Waals surface area contributed by atoms with Gasteiger partial charge in [-0.3, -0.25) is 4.79 Å². The van der Waals surface area contributed by atoms with Crippen LogP contribution in [0.5, 0.6) is 6.01 Å². The third-order valence-electron chi connectivity index (χ3n) is 4.07. The lowest BCUT2D eigenvalue weighted by molar-refractivity contribution is -0.118. The molecule has 2 aromatic carbocycles. The van der Waals surface area contributed by atoms with E-state index in [0.717, 1.165) is 16.9 Å². The lowest BCUT2D eigenvalue weighted by Gasteiger charge is -2.09. The Morgan fingerprint density at radius 2 is 1.78 bits per heavy atom. The van der Waals surface area contributed by atoms with Crippen molar-refractivity contribution in [3.8, 4) is 23.1 Å². The molecular weight excluding hydrogens is 340 g/mol. The zero-order valence-corrected chi connectivity index (χ0v) is 16.1. The minimum Gasteiger partial charge on any atom is -0.463 e. The number of nitrogens with one attached hydrogen (secondary N) is 1. The van der Waals surface area contributed by atoms with E-state index in [2.05, 4.69) is 15.4 Å². The van der Waals surface area contributed by atoms with Crippen molar-refractivity contribution in [1.29, 1.82) is 0 Å². The summed E-state index contributed by atoms with van der Waals surface area (Å²) >= 11 is 0. The molecule has 6 heteroatoms. The molecule has 1 N–H and O–H groups in total. The Balaban J connectivity index is 1.95. The number of nitrogens with zero attached hydrogens (tertiary/aromatic N) is 3. The average Bonchev–Trinajstić information content (AvgIpc) is 3.07. The number of ether oxygens (including phenoxy) is 1. The second kappa shape index (κ2) is 8.03. The Bertz CT molecular complexity index is 912. The molecule has 0 unspecified atom stereocenters. The first-order valence-corrected chi connectivity index (χ1v) is 9.06. The van der Waals surface area contributed by atoms with Crippen molar-refractivity contribution in [3.63, 3.8) is 0 Å². The molecule has 1 heterocycles. The van der Waals surface area contributed by atoms with Crippen LogP contribution in [0.25, 0.3) is 17.1 Å². The van der Waals surface area contributed by atoms with Gasteiger partial charge in [0, 0.05) is 17.2 Å². The van der Waals surface area contributed by atoms with Crippen LogP contribution in [-0.4, -0.2) is 27.3 Å². The van der Waals surface area contributed by atoms with Gasteiger partial charge in [0.25, 0.3) is 0 Å². The van der Waals surface area contributed by atoms with Crippen LogP contribution < -0.4 is 10.1 Å². The van der Waals surface area contributed by atoms with Crippen molar-refractivity contribution >= 4 is 11.6 Å². The molecule has 3 rings (SSSR count). The second-order valence-electron chi connectivity index (χ2n) is 6.62. The minimum atomic E-state index is -0.0677. The molecule has 0 spiro atoms. The average molecular weight is 364 g/mol. The summed E-state index contributed by atoms with van der Waals surface area (Å²) in [6, 6.07) is 16.0. The van der Waals surface area contributed by atoms with Crippen LogP contribution in [0.15, 0.2) is 48.5 Å². The smallest absolute Gasteiger partial charge is 0.336 e. The summed E-state index contributed by atoms with van der Waals surface area (Å²) in [5, 5.41) is 7.37. The number of carbonyl (C=O) groups is 1. The van der Waals surface area contributed by atoms with Gasteiger partial charge in [-0.05, 0) is 38.1 Å². The van der Waals surface area contributed by atoms with E-state index in [1.807, 2.05) is 76.2 Å². The van der Waals surface area contributed by atoms with E-state index in [1.54, 1.807) is 4.68 Å². The van der Waals surface area contributed by atoms with Crippen LogP contribution in [0, 0.1) is 12.8 Å². The molecule has 0 saturated heterocycles. The topological polar surface area (TPSA) is 69.0 Å². The van der Waals surface area contributed by atoms with Crippen LogP contribution >= 0.6 is 0 Å². The maximum absolute atomic E-state index is 11.9. The molecule has 0 fully saturated rings. The van der Waals surface area contributed by atoms with Crippen LogP contribution in [0.1, 0.15) is 26.3 Å². The molecular formula is C21H24N4O2. The molecule has 1 amide bonds. The molecule has 0 aliphatic heterocycles. The van der Waals surface area contributed by atoms with E-state index in [1.165, 1.54) is 5.56 Å². The quantitative estimate of drug-likeness (QED) is 0.710. The number of benzene rings is 2. The van der Waals surface area contributed by atoms with Gasteiger partial charge < -0.3 is 10.1 Å². The summed E-state index contributed by atoms with van der Waals surface area (Å²) < 4.78 is 7.25. The van der Waals surface area contributed by atoms with Gasteiger partial charge in [0.2, 0.25) is 5.91 Å². The first kappa shape index (κ1) is 18.6. The summed E-state index contributed by atoms with van der Waals surface area (Å²) in [5.74, 6) is 0.627. The third kappa shape index (κ3) is 4.34. The SMILES string of the molecule is CCOc1nc(-c2ccc(C)cc2)n(-c2ccc(NC(=O)C(C)C)cc2)n1. The molecule has 1 aromatic heterocycles. The molecule has 0 aliphatic rings. The lowest BCUT2D eigenvalue weighted by atomic mass is 10.1. The fourth-order valence-corrected chi connectivity index (χ4v) is 2.53. The van der Waals surface area contributed by atoms with Crippen molar-refractivity contribution in [2.45, 2.75) is 27.7 Å². The Labute approximate surface area is 159 Å². The molecule has 27 heavy (non-hydrogen) atoms. The number of aryl methyl sites for hydroxylation is 1. The number of rotatable bonds is 6. The van der Waals surface area contributed by atoms with Crippen molar-refractivity contribution < 1.29 is 9.53 Å². The maximum Gasteiger partial charge on any atom is 0.336 e. The number of hydrogen-bond donors (Lipinski definition) is 1. The van der Waals surface area contributed by atoms with Crippen molar-refractivity contribution in [2.24, 2.45) is 5.92 Å². The summed E-state index contributed by atoms with van der Waals surface area (Å²) in [5.41, 5.74) is 3.72. The first-order chi connectivity index (χ1) is 13.0. The fraction of sp³-hybridized carbons (Fsp3) is 0.286. The highest BCUT2D eigenvalue weighted by Gasteiger charge is 2.15. The predicted molar refractivity (Wildman–Crippen MR) is 106 cm³/mol. The largest absolute Gasteiger partial charge is 0.463 e. The van der Waals surface area contributed by atoms with E-state index in [0.29, 0.717) is 18.4 Å². The predicted octanol–water partition coefficient (Wildman–Crippen LogP) is 4.24. The Kier molecular flexibility index (Phi) is 5.54. The summed E-state index contributed by atoms with van der Waals surface area (Å²) in [4.78, 5) is 16.4. The van der Waals surface area contributed by atoms with Gasteiger partial charge in [0.1, 0.15) is 0 Å². The molecule has 0 saturated carbocycles. The number of aromatic nitrogens is 3. The maximum atomic E-state index is 11.9. The molecule has 140 valence electrons. The van der Waals surface area contributed by atoms with Gasteiger partial charge in [0.05, 0.1) is 12.3 Å². The van der Waals surface area contributed by atoms with Gasteiger partial charge in [-0.1, -0.05) is 43.7 Å². The summed E-state index contributed by atoms with van der Waals surface area (Å²) in [6.45, 7) is 8.17.